The van der Waals surface area contributed by atoms with Crippen molar-refractivity contribution in [1.29, 1.82) is 0 Å². The number of sulfone groups is 1. The van der Waals surface area contributed by atoms with Crippen LogP contribution in [0.1, 0.15) is 30.0 Å². The summed E-state index contributed by atoms with van der Waals surface area (Å²) in [5, 5.41) is 0.691. The van der Waals surface area contributed by atoms with E-state index in [0.717, 1.165) is 11.1 Å². The van der Waals surface area contributed by atoms with Crippen LogP contribution in [0, 0.1) is 6.92 Å². The van der Waals surface area contributed by atoms with Gasteiger partial charge in [0.1, 0.15) is 9.84 Å². The van der Waals surface area contributed by atoms with Gasteiger partial charge < -0.3 is 0 Å². The maximum atomic E-state index is 11.1. The van der Waals surface area contributed by atoms with Gasteiger partial charge in [-0.25, -0.2) is 8.42 Å². The highest BCUT2D eigenvalue weighted by Crippen LogP contribution is 2.23. The number of hydrogen-bond donors (Lipinski definition) is 2. The highest BCUT2D eigenvalue weighted by molar-refractivity contribution is 7.90. The van der Waals surface area contributed by atoms with E-state index in [9.17, 15) is 8.42 Å². The number of benzene rings is 1. The van der Waals surface area contributed by atoms with E-state index in [1.807, 2.05) is 25.1 Å². The Kier molecular flexibility index (Phi) is 5.59. The molecule has 0 aliphatic heterocycles. The first-order valence-electron chi connectivity index (χ1n) is 5.73. The molecule has 0 heterocycles. The lowest BCUT2D eigenvalue weighted by Crippen LogP contribution is -2.28. The summed E-state index contributed by atoms with van der Waals surface area (Å²) in [7, 11) is -2.92. The molecule has 0 spiro atoms. The van der Waals surface area contributed by atoms with Crippen LogP contribution in [0.25, 0.3) is 0 Å². The van der Waals surface area contributed by atoms with Crippen LogP contribution in [-0.2, 0) is 9.84 Å². The molecule has 0 amide bonds. The monoisotopic (exact) mass is 290 g/mol. The highest BCUT2D eigenvalue weighted by atomic mass is 35.5. The van der Waals surface area contributed by atoms with Crippen LogP contribution in [0.3, 0.4) is 0 Å². The molecule has 0 aliphatic carbocycles. The zero-order valence-corrected chi connectivity index (χ0v) is 12.2. The fourth-order valence-electron chi connectivity index (χ4n) is 1.72. The van der Waals surface area contributed by atoms with Crippen molar-refractivity contribution < 1.29 is 8.42 Å². The van der Waals surface area contributed by atoms with Crippen molar-refractivity contribution in [3.05, 3.63) is 34.3 Å². The lowest BCUT2D eigenvalue weighted by Gasteiger charge is -2.16. The van der Waals surface area contributed by atoms with Crippen LogP contribution in [-0.4, -0.2) is 20.4 Å². The number of hydrogen-bond acceptors (Lipinski definition) is 4. The first kappa shape index (κ1) is 15.4. The van der Waals surface area contributed by atoms with Gasteiger partial charge in [-0.3, -0.25) is 11.3 Å². The van der Waals surface area contributed by atoms with Gasteiger partial charge in [-0.05, 0) is 37.0 Å². The molecule has 1 rings (SSSR count). The molecule has 0 fully saturated rings. The van der Waals surface area contributed by atoms with Crippen molar-refractivity contribution in [2.45, 2.75) is 25.8 Å². The summed E-state index contributed by atoms with van der Waals surface area (Å²) in [6.07, 6.45) is 2.46. The maximum Gasteiger partial charge on any atom is 0.147 e. The number of rotatable bonds is 6. The molecule has 4 nitrogen and oxygen atoms in total. The average molecular weight is 291 g/mol. The highest BCUT2D eigenvalue weighted by Gasteiger charge is 2.12. The van der Waals surface area contributed by atoms with Gasteiger partial charge in [-0.15, -0.1) is 0 Å². The summed E-state index contributed by atoms with van der Waals surface area (Å²) in [6.45, 7) is 1.93. The normalized spacial score (nSPS) is 13.6. The average Bonchev–Trinajstić information content (AvgIpc) is 2.27. The molecule has 0 bridgehead atoms. The van der Waals surface area contributed by atoms with E-state index < -0.39 is 9.84 Å². The first-order chi connectivity index (χ1) is 8.33. The van der Waals surface area contributed by atoms with E-state index in [1.165, 1.54) is 6.26 Å². The molecular formula is C12H19ClN2O2S. The molecule has 3 N–H and O–H groups in total. The third kappa shape index (κ3) is 4.94. The number of nitrogens with two attached hydrogens (primary N) is 1. The molecule has 1 atom stereocenters. The maximum absolute atomic E-state index is 11.1. The second kappa shape index (κ2) is 6.52. The minimum absolute atomic E-state index is 0.0788. The zero-order chi connectivity index (χ0) is 13.8. The van der Waals surface area contributed by atoms with Crippen LogP contribution in [0.2, 0.25) is 5.02 Å². The van der Waals surface area contributed by atoms with E-state index in [1.54, 1.807) is 0 Å². The van der Waals surface area contributed by atoms with Gasteiger partial charge in [0.05, 0.1) is 0 Å². The van der Waals surface area contributed by atoms with Crippen LogP contribution >= 0.6 is 11.6 Å². The van der Waals surface area contributed by atoms with E-state index in [-0.39, 0.29) is 11.8 Å². The van der Waals surface area contributed by atoms with Gasteiger partial charge >= 0.3 is 0 Å². The standard InChI is InChI=1S/C12H19ClN2O2S/c1-9-5-6-10(8-11(9)13)12(15-14)4-3-7-18(2,16)17/h5-6,8,12,15H,3-4,7,14H2,1-2H3. The van der Waals surface area contributed by atoms with E-state index >= 15 is 0 Å². The summed E-state index contributed by atoms with van der Waals surface area (Å²) in [6, 6.07) is 5.66. The molecule has 0 aromatic heterocycles. The Balaban J connectivity index is 2.68. The van der Waals surface area contributed by atoms with E-state index in [4.69, 9.17) is 17.4 Å². The van der Waals surface area contributed by atoms with Gasteiger partial charge in [0.2, 0.25) is 0 Å². The minimum atomic E-state index is -2.92. The Hall–Kier alpha value is -0.620. The summed E-state index contributed by atoms with van der Waals surface area (Å²) in [5.74, 6) is 5.67. The fraction of sp³-hybridized carbons (Fsp3) is 0.500. The number of halogens is 1. The molecule has 0 radical (unpaired) electrons. The number of hydrazine groups is 1. The molecule has 1 aromatic carbocycles. The molecule has 102 valence electrons. The van der Waals surface area contributed by atoms with Crippen molar-refractivity contribution >= 4 is 21.4 Å². The first-order valence-corrected chi connectivity index (χ1v) is 8.17. The third-order valence-corrected chi connectivity index (χ3v) is 4.24. The lowest BCUT2D eigenvalue weighted by atomic mass is 10.0. The summed E-state index contributed by atoms with van der Waals surface area (Å²) >= 11 is 6.06. The van der Waals surface area contributed by atoms with Crippen molar-refractivity contribution in [3.8, 4) is 0 Å². The fourth-order valence-corrected chi connectivity index (χ4v) is 2.60. The van der Waals surface area contributed by atoms with Gasteiger partial charge in [0, 0.05) is 23.1 Å². The second-order valence-corrected chi connectivity index (χ2v) is 7.17. The minimum Gasteiger partial charge on any atom is -0.271 e. The zero-order valence-electron chi connectivity index (χ0n) is 10.6. The molecular weight excluding hydrogens is 272 g/mol. The summed E-state index contributed by atoms with van der Waals surface area (Å²) < 4.78 is 22.1. The Bertz CT molecular complexity index is 503. The topological polar surface area (TPSA) is 72.2 Å². The van der Waals surface area contributed by atoms with Crippen LogP contribution < -0.4 is 11.3 Å². The van der Waals surface area contributed by atoms with Gasteiger partial charge in [0.15, 0.2) is 0 Å². The van der Waals surface area contributed by atoms with Gasteiger partial charge in [0.25, 0.3) is 0 Å². The molecule has 6 heteroatoms. The smallest absolute Gasteiger partial charge is 0.147 e. The Labute approximate surface area is 113 Å². The third-order valence-electron chi connectivity index (χ3n) is 2.81. The molecule has 0 saturated carbocycles. The Morgan fingerprint density at radius 3 is 2.61 bits per heavy atom. The molecule has 1 unspecified atom stereocenters. The van der Waals surface area contributed by atoms with Crippen LogP contribution in [0.5, 0.6) is 0 Å². The van der Waals surface area contributed by atoms with E-state index in [2.05, 4.69) is 5.43 Å². The number of aryl methyl sites for hydroxylation is 1. The van der Waals surface area contributed by atoms with Crippen LogP contribution in [0.4, 0.5) is 0 Å². The van der Waals surface area contributed by atoms with Gasteiger partial charge in [-0.1, -0.05) is 23.7 Å². The predicted octanol–water partition coefficient (Wildman–Crippen LogP) is 1.98. The largest absolute Gasteiger partial charge is 0.271 e. The molecule has 0 aliphatic rings. The second-order valence-electron chi connectivity index (χ2n) is 4.50. The molecule has 18 heavy (non-hydrogen) atoms. The molecule has 0 saturated heterocycles. The summed E-state index contributed by atoms with van der Waals surface area (Å²) in [5.41, 5.74) is 4.68. The van der Waals surface area contributed by atoms with Gasteiger partial charge in [-0.2, -0.15) is 0 Å². The SMILES string of the molecule is Cc1ccc(C(CCCS(C)(=O)=O)NN)cc1Cl. The quantitative estimate of drug-likeness (QED) is 0.621. The lowest BCUT2D eigenvalue weighted by molar-refractivity contribution is 0.507. The van der Waals surface area contributed by atoms with Crippen molar-refractivity contribution in [1.82, 2.24) is 5.43 Å². The van der Waals surface area contributed by atoms with Crippen molar-refractivity contribution in [3.63, 3.8) is 0 Å². The van der Waals surface area contributed by atoms with E-state index in [0.29, 0.717) is 17.9 Å². The predicted molar refractivity (Wildman–Crippen MR) is 75.2 cm³/mol. The van der Waals surface area contributed by atoms with Crippen molar-refractivity contribution in [2.24, 2.45) is 5.84 Å². The van der Waals surface area contributed by atoms with Crippen molar-refractivity contribution in [2.75, 3.05) is 12.0 Å². The molecule has 1 aromatic rings. The number of nitrogens with one attached hydrogen (secondary N) is 1. The Morgan fingerprint density at radius 2 is 2.11 bits per heavy atom. The van der Waals surface area contributed by atoms with Crippen LogP contribution in [0.15, 0.2) is 18.2 Å². The summed E-state index contributed by atoms with van der Waals surface area (Å²) in [4.78, 5) is 0. The Morgan fingerprint density at radius 1 is 1.44 bits per heavy atom.